The zero-order valence-corrected chi connectivity index (χ0v) is 16.2. The highest BCUT2D eigenvalue weighted by Gasteiger charge is 2.40. The molecule has 0 heterocycles. The maximum absolute atomic E-state index is 10.9. The van der Waals surface area contributed by atoms with Crippen LogP contribution < -0.4 is 0 Å². The second kappa shape index (κ2) is 7.84. The predicted molar refractivity (Wildman–Crippen MR) is 116 cm³/mol. The average molecular weight is 398 g/mol. The Bertz CT molecular complexity index is 1100. The minimum atomic E-state index is -0.934. The highest BCUT2D eigenvalue weighted by atomic mass is 16.3. The van der Waals surface area contributed by atoms with Crippen LogP contribution >= 0.6 is 0 Å². The van der Waals surface area contributed by atoms with Gasteiger partial charge in [-0.25, -0.2) is 0 Å². The molecular formula is C26H22O4. The second-order valence-electron chi connectivity index (χ2n) is 7.29. The van der Waals surface area contributed by atoms with Crippen molar-refractivity contribution < 1.29 is 20.4 Å². The monoisotopic (exact) mass is 398 g/mol. The molecule has 0 unspecified atom stereocenters. The highest BCUT2D eigenvalue weighted by Crippen LogP contribution is 2.52. The van der Waals surface area contributed by atoms with E-state index in [1.54, 1.807) is 0 Å². The van der Waals surface area contributed by atoms with Gasteiger partial charge in [-0.3, -0.25) is 0 Å². The van der Waals surface area contributed by atoms with E-state index in [2.05, 4.69) is 0 Å². The van der Waals surface area contributed by atoms with E-state index in [0.717, 1.165) is 16.7 Å². The lowest BCUT2D eigenvalue weighted by Crippen LogP contribution is -2.32. The maximum Gasteiger partial charge on any atom is 0.204 e. The molecule has 0 amide bonds. The van der Waals surface area contributed by atoms with Crippen LogP contribution in [0, 0.1) is 0 Å². The van der Waals surface area contributed by atoms with E-state index in [0.29, 0.717) is 12.0 Å². The average Bonchev–Trinajstić information content (AvgIpc) is 2.80. The van der Waals surface area contributed by atoms with Crippen molar-refractivity contribution in [1.29, 1.82) is 0 Å². The summed E-state index contributed by atoms with van der Waals surface area (Å²) in [5.74, 6) is -2.45. The van der Waals surface area contributed by atoms with Gasteiger partial charge in [0.05, 0.1) is 5.41 Å². The van der Waals surface area contributed by atoms with Crippen LogP contribution in [-0.2, 0) is 11.8 Å². The van der Waals surface area contributed by atoms with E-state index in [4.69, 9.17) is 0 Å². The van der Waals surface area contributed by atoms with Crippen LogP contribution in [0.25, 0.3) is 0 Å². The Balaban J connectivity index is 2.11. The van der Waals surface area contributed by atoms with Crippen molar-refractivity contribution in [3.8, 4) is 23.0 Å². The van der Waals surface area contributed by atoms with Crippen LogP contribution in [0.4, 0.5) is 0 Å². The molecule has 0 bridgehead atoms. The van der Waals surface area contributed by atoms with Gasteiger partial charge in [0, 0.05) is 5.56 Å². The zero-order valence-electron chi connectivity index (χ0n) is 16.2. The van der Waals surface area contributed by atoms with Crippen LogP contribution in [0.2, 0.25) is 0 Å². The van der Waals surface area contributed by atoms with Gasteiger partial charge < -0.3 is 20.4 Å². The van der Waals surface area contributed by atoms with Crippen molar-refractivity contribution in [2.24, 2.45) is 0 Å². The standard InChI is InChI=1S/C26H22O4/c27-22-16-21(23(28)25(30)24(22)29)26(19-12-6-2-7-13-19,20-14-8-3-9-15-20)17-18-10-4-1-5-11-18/h1-16,27-30H,17H2. The molecule has 4 aromatic carbocycles. The Labute approximate surface area is 175 Å². The summed E-state index contributed by atoms with van der Waals surface area (Å²) in [5.41, 5.74) is 2.13. The molecule has 4 nitrogen and oxygen atoms in total. The quantitative estimate of drug-likeness (QED) is 0.215. The molecule has 0 aromatic heterocycles. The molecule has 0 aliphatic carbocycles. The SMILES string of the molecule is Oc1cc(C(Cc2ccccc2)(c2ccccc2)c2ccccc2)c(O)c(O)c1O. The van der Waals surface area contributed by atoms with Crippen LogP contribution in [-0.4, -0.2) is 20.4 Å². The Kier molecular flexibility index (Phi) is 5.07. The van der Waals surface area contributed by atoms with E-state index >= 15 is 0 Å². The van der Waals surface area contributed by atoms with Gasteiger partial charge in [0.2, 0.25) is 11.5 Å². The molecule has 0 saturated heterocycles. The summed E-state index contributed by atoms with van der Waals surface area (Å²) in [6, 6.07) is 30.4. The van der Waals surface area contributed by atoms with Gasteiger partial charge in [0.15, 0.2) is 11.5 Å². The lowest BCUT2D eigenvalue weighted by atomic mass is 9.65. The molecule has 4 aromatic rings. The molecule has 0 atom stereocenters. The normalized spacial score (nSPS) is 11.3. The summed E-state index contributed by atoms with van der Waals surface area (Å²) in [6.45, 7) is 0. The summed E-state index contributed by atoms with van der Waals surface area (Å²) in [5, 5.41) is 41.5. The summed E-state index contributed by atoms with van der Waals surface area (Å²) >= 11 is 0. The van der Waals surface area contributed by atoms with E-state index in [1.807, 2.05) is 91.0 Å². The lowest BCUT2D eigenvalue weighted by Gasteiger charge is -2.37. The first-order valence-electron chi connectivity index (χ1n) is 9.66. The molecule has 30 heavy (non-hydrogen) atoms. The molecule has 0 aliphatic heterocycles. The first-order chi connectivity index (χ1) is 14.5. The van der Waals surface area contributed by atoms with Gasteiger partial charge >= 0.3 is 0 Å². The van der Waals surface area contributed by atoms with Gasteiger partial charge in [0.1, 0.15) is 0 Å². The van der Waals surface area contributed by atoms with E-state index in [9.17, 15) is 20.4 Å². The van der Waals surface area contributed by atoms with Crippen molar-refractivity contribution in [3.63, 3.8) is 0 Å². The van der Waals surface area contributed by atoms with Gasteiger partial charge in [-0.15, -0.1) is 0 Å². The molecule has 0 radical (unpaired) electrons. The van der Waals surface area contributed by atoms with E-state index in [-0.39, 0.29) is 0 Å². The van der Waals surface area contributed by atoms with Crippen LogP contribution in [0.3, 0.4) is 0 Å². The summed E-state index contributed by atoms with van der Waals surface area (Å²) in [4.78, 5) is 0. The third kappa shape index (κ3) is 3.22. The summed E-state index contributed by atoms with van der Waals surface area (Å²) < 4.78 is 0. The molecule has 150 valence electrons. The van der Waals surface area contributed by atoms with Gasteiger partial charge in [0.25, 0.3) is 0 Å². The predicted octanol–water partition coefficient (Wildman–Crippen LogP) is 5.09. The van der Waals surface area contributed by atoms with Gasteiger partial charge in [-0.1, -0.05) is 91.0 Å². The molecule has 0 aliphatic rings. The fourth-order valence-corrected chi connectivity index (χ4v) is 4.08. The van der Waals surface area contributed by atoms with Gasteiger partial charge in [-0.2, -0.15) is 0 Å². The second-order valence-corrected chi connectivity index (χ2v) is 7.29. The molecule has 4 N–H and O–H groups in total. The Morgan fingerprint density at radius 2 is 1.00 bits per heavy atom. The lowest BCUT2D eigenvalue weighted by molar-refractivity contribution is 0.339. The molecule has 4 heteroatoms. The molecule has 0 spiro atoms. The third-order valence-corrected chi connectivity index (χ3v) is 5.53. The van der Waals surface area contributed by atoms with Crippen molar-refractivity contribution >= 4 is 0 Å². The minimum Gasteiger partial charge on any atom is -0.504 e. The first-order valence-corrected chi connectivity index (χ1v) is 9.66. The topological polar surface area (TPSA) is 80.9 Å². The number of phenols is 4. The largest absolute Gasteiger partial charge is 0.504 e. The number of phenolic OH excluding ortho intramolecular Hbond substituents is 4. The zero-order chi connectivity index (χ0) is 21.1. The molecular weight excluding hydrogens is 376 g/mol. The third-order valence-electron chi connectivity index (χ3n) is 5.53. The summed E-state index contributed by atoms with van der Waals surface area (Å²) in [6.07, 6.45) is 0.457. The fourth-order valence-electron chi connectivity index (χ4n) is 4.08. The fraction of sp³-hybridized carbons (Fsp3) is 0.0769. The van der Waals surface area contributed by atoms with Crippen LogP contribution in [0.15, 0.2) is 97.1 Å². The van der Waals surface area contributed by atoms with E-state index in [1.165, 1.54) is 6.07 Å². The minimum absolute atomic E-state index is 0.302. The van der Waals surface area contributed by atoms with Crippen molar-refractivity contribution in [2.75, 3.05) is 0 Å². The number of hydrogen-bond donors (Lipinski definition) is 4. The molecule has 0 saturated carbocycles. The van der Waals surface area contributed by atoms with Gasteiger partial charge in [-0.05, 0) is 29.2 Å². The summed E-state index contributed by atoms with van der Waals surface area (Å²) in [7, 11) is 0. The number of hydrogen-bond acceptors (Lipinski definition) is 4. The van der Waals surface area contributed by atoms with Crippen molar-refractivity contribution in [3.05, 3.63) is 119 Å². The Morgan fingerprint density at radius 3 is 1.50 bits per heavy atom. The Morgan fingerprint density at radius 1 is 0.533 bits per heavy atom. The van der Waals surface area contributed by atoms with Crippen molar-refractivity contribution in [2.45, 2.75) is 11.8 Å². The smallest absolute Gasteiger partial charge is 0.204 e. The first kappa shape index (κ1) is 19.4. The van der Waals surface area contributed by atoms with Crippen molar-refractivity contribution in [1.82, 2.24) is 0 Å². The number of rotatable bonds is 5. The molecule has 0 fully saturated rings. The van der Waals surface area contributed by atoms with Crippen LogP contribution in [0.1, 0.15) is 22.3 Å². The van der Waals surface area contributed by atoms with E-state index < -0.39 is 28.4 Å². The Hall–Kier alpha value is -3.92. The van der Waals surface area contributed by atoms with Crippen LogP contribution in [0.5, 0.6) is 23.0 Å². The number of benzene rings is 4. The number of aromatic hydroxyl groups is 4. The highest BCUT2D eigenvalue weighted by molar-refractivity contribution is 5.66. The maximum atomic E-state index is 10.9. The molecule has 4 rings (SSSR count).